The van der Waals surface area contributed by atoms with Gasteiger partial charge in [-0.05, 0) is 41.5 Å². The van der Waals surface area contributed by atoms with Gasteiger partial charge in [-0.25, -0.2) is 4.39 Å². The number of benzene rings is 2. The Kier molecular flexibility index (Phi) is 4.80. The number of fused-ring (bicyclic) bond motifs is 1. The quantitative estimate of drug-likeness (QED) is 0.760. The molecule has 3 aromatic rings. The fraction of sp³-hybridized carbons (Fsp3) is 0.190. The fourth-order valence-corrected chi connectivity index (χ4v) is 2.93. The Morgan fingerprint density at radius 1 is 1.00 bits per heavy atom. The van der Waals surface area contributed by atoms with Gasteiger partial charge in [0.15, 0.2) is 11.5 Å². The van der Waals surface area contributed by atoms with E-state index in [9.17, 15) is 4.39 Å². The van der Waals surface area contributed by atoms with Crippen LogP contribution in [0.1, 0.15) is 5.56 Å². The Bertz CT molecular complexity index is 883. The Morgan fingerprint density at radius 2 is 1.81 bits per heavy atom. The molecule has 1 aromatic heterocycles. The van der Waals surface area contributed by atoms with Crippen LogP contribution in [0.25, 0.3) is 11.1 Å². The van der Waals surface area contributed by atoms with Crippen LogP contribution in [0.3, 0.4) is 0 Å². The number of rotatable bonds is 5. The van der Waals surface area contributed by atoms with Gasteiger partial charge < -0.3 is 14.8 Å². The molecule has 26 heavy (non-hydrogen) atoms. The first kappa shape index (κ1) is 16.5. The number of ether oxygens (including phenoxy) is 2. The van der Waals surface area contributed by atoms with Crippen LogP contribution in [0.4, 0.5) is 4.39 Å². The van der Waals surface area contributed by atoms with Gasteiger partial charge in [0, 0.05) is 31.0 Å². The zero-order valence-corrected chi connectivity index (χ0v) is 14.2. The Hall–Kier alpha value is -2.92. The second-order valence-electron chi connectivity index (χ2n) is 6.22. The number of hydrogen-bond acceptors (Lipinski definition) is 4. The predicted octanol–water partition coefficient (Wildman–Crippen LogP) is 3.82. The summed E-state index contributed by atoms with van der Waals surface area (Å²) >= 11 is 0. The zero-order valence-electron chi connectivity index (χ0n) is 14.2. The molecule has 1 atom stereocenters. The highest BCUT2D eigenvalue weighted by molar-refractivity contribution is 5.62. The van der Waals surface area contributed by atoms with Crippen molar-refractivity contribution in [3.8, 4) is 22.6 Å². The Labute approximate surface area is 151 Å². The van der Waals surface area contributed by atoms with Gasteiger partial charge in [-0.3, -0.25) is 4.98 Å². The summed E-state index contributed by atoms with van der Waals surface area (Å²) in [5.74, 6) is 1.33. The molecule has 132 valence electrons. The molecular weight excluding hydrogens is 331 g/mol. The van der Waals surface area contributed by atoms with Crippen molar-refractivity contribution in [2.24, 2.45) is 0 Å². The maximum Gasteiger partial charge on any atom is 0.161 e. The molecule has 0 saturated carbocycles. The standard InChI is InChI=1S/C21H19FN2O2/c22-18-7-5-16(6-8-18)17-9-15(10-23-12-17)11-24-13-19-14-25-20-3-1-2-4-21(20)26-19/h1-10,12,19,24H,11,13-14H2/t19-/m1/s1. The number of hydrogen-bond donors (Lipinski definition) is 1. The summed E-state index contributed by atoms with van der Waals surface area (Å²) in [6.07, 6.45) is 3.58. The summed E-state index contributed by atoms with van der Waals surface area (Å²) in [6.45, 7) is 1.87. The van der Waals surface area contributed by atoms with Crippen LogP contribution in [-0.2, 0) is 6.54 Å². The van der Waals surface area contributed by atoms with Gasteiger partial charge in [-0.1, -0.05) is 24.3 Å². The molecule has 1 aliphatic heterocycles. The molecule has 0 saturated heterocycles. The largest absolute Gasteiger partial charge is 0.486 e. The molecule has 4 nitrogen and oxygen atoms in total. The van der Waals surface area contributed by atoms with E-state index in [1.54, 1.807) is 18.3 Å². The van der Waals surface area contributed by atoms with Crippen molar-refractivity contribution in [3.05, 3.63) is 78.4 Å². The Morgan fingerprint density at radius 3 is 2.65 bits per heavy atom. The average Bonchev–Trinajstić information content (AvgIpc) is 2.69. The highest BCUT2D eigenvalue weighted by Gasteiger charge is 2.19. The number of para-hydroxylation sites is 2. The lowest BCUT2D eigenvalue weighted by Gasteiger charge is -2.26. The number of nitrogens with one attached hydrogen (secondary N) is 1. The first-order chi connectivity index (χ1) is 12.8. The van der Waals surface area contributed by atoms with Crippen LogP contribution in [0.15, 0.2) is 67.0 Å². The van der Waals surface area contributed by atoms with Crippen LogP contribution in [0.2, 0.25) is 0 Å². The van der Waals surface area contributed by atoms with Gasteiger partial charge in [-0.15, -0.1) is 0 Å². The van der Waals surface area contributed by atoms with Crippen molar-refractivity contribution >= 4 is 0 Å². The molecule has 0 unspecified atom stereocenters. The van der Waals surface area contributed by atoms with E-state index in [2.05, 4.69) is 16.4 Å². The molecule has 2 heterocycles. The highest BCUT2D eigenvalue weighted by atomic mass is 19.1. The number of halogens is 1. The summed E-state index contributed by atoms with van der Waals surface area (Å²) in [6, 6.07) is 16.2. The molecular formula is C21H19FN2O2. The third kappa shape index (κ3) is 3.83. The molecule has 0 spiro atoms. The minimum absolute atomic E-state index is 0.0295. The van der Waals surface area contributed by atoms with E-state index >= 15 is 0 Å². The predicted molar refractivity (Wildman–Crippen MR) is 97.7 cm³/mol. The summed E-state index contributed by atoms with van der Waals surface area (Å²) in [5.41, 5.74) is 2.97. The van der Waals surface area contributed by atoms with E-state index in [-0.39, 0.29) is 11.9 Å². The van der Waals surface area contributed by atoms with Gasteiger partial charge in [0.25, 0.3) is 0 Å². The van der Waals surface area contributed by atoms with Crippen LogP contribution in [0, 0.1) is 5.82 Å². The normalized spacial score (nSPS) is 15.7. The van der Waals surface area contributed by atoms with Crippen molar-refractivity contribution < 1.29 is 13.9 Å². The van der Waals surface area contributed by atoms with Crippen LogP contribution in [0.5, 0.6) is 11.5 Å². The molecule has 2 aromatic carbocycles. The highest BCUT2D eigenvalue weighted by Crippen LogP contribution is 2.30. The molecule has 0 aliphatic carbocycles. The number of nitrogens with zero attached hydrogens (tertiary/aromatic N) is 1. The summed E-state index contributed by atoms with van der Waals surface area (Å²) in [4.78, 5) is 4.29. The third-order valence-corrected chi connectivity index (χ3v) is 4.24. The van der Waals surface area contributed by atoms with Gasteiger partial charge in [0.05, 0.1) is 0 Å². The maximum atomic E-state index is 13.1. The van der Waals surface area contributed by atoms with E-state index in [4.69, 9.17) is 9.47 Å². The van der Waals surface area contributed by atoms with Crippen LogP contribution >= 0.6 is 0 Å². The van der Waals surface area contributed by atoms with Crippen molar-refractivity contribution in [2.45, 2.75) is 12.6 Å². The lowest BCUT2D eigenvalue weighted by Crippen LogP contribution is -2.38. The van der Waals surface area contributed by atoms with Crippen molar-refractivity contribution in [1.29, 1.82) is 0 Å². The van der Waals surface area contributed by atoms with E-state index in [0.717, 1.165) is 28.2 Å². The molecule has 1 N–H and O–H groups in total. The van der Waals surface area contributed by atoms with Crippen molar-refractivity contribution in [2.75, 3.05) is 13.2 Å². The number of pyridine rings is 1. The monoisotopic (exact) mass is 350 g/mol. The zero-order chi connectivity index (χ0) is 17.8. The lowest BCUT2D eigenvalue weighted by atomic mass is 10.1. The van der Waals surface area contributed by atoms with Crippen molar-refractivity contribution in [1.82, 2.24) is 10.3 Å². The molecule has 0 radical (unpaired) electrons. The third-order valence-electron chi connectivity index (χ3n) is 4.24. The molecule has 1 aliphatic rings. The molecule has 5 heteroatoms. The van der Waals surface area contributed by atoms with Gasteiger partial charge in [0.2, 0.25) is 0 Å². The molecule has 0 fully saturated rings. The van der Waals surface area contributed by atoms with Crippen molar-refractivity contribution in [3.63, 3.8) is 0 Å². The van der Waals surface area contributed by atoms with Crippen LogP contribution < -0.4 is 14.8 Å². The first-order valence-electron chi connectivity index (χ1n) is 8.57. The summed E-state index contributed by atoms with van der Waals surface area (Å²) in [7, 11) is 0. The summed E-state index contributed by atoms with van der Waals surface area (Å²) < 4.78 is 24.7. The van der Waals surface area contributed by atoms with Gasteiger partial charge in [0.1, 0.15) is 18.5 Å². The molecule has 4 rings (SSSR count). The lowest BCUT2D eigenvalue weighted by molar-refractivity contribution is 0.0902. The second kappa shape index (κ2) is 7.54. The molecule has 0 bridgehead atoms. The van der Waals surface area contributed by atoms with E-state index in [0.29, 0.717) is 19.7 Å². The second-order valence-corrected chi connectivity index (χ2v) is 6.22. The van der Waals surface area contributed by atoms with Gasteiger partial charge in [-0.2, -0.15) is 0 Å². The fourth-order valence-electron chi connectivity index (χ4n) is 2.93. The van der Waals surface area contributed by atoms with E-state index in [1.807, 2.05) is 30.5 Å². The minimum Gasteiger partial charge on any atom is -0.486 e. The average molecular weight is 350 g/mol. The van der Waals surface area contributed by atoms with Crippen LogP contribution in [-0.4, -0.2) is 24.2 Å². The SMILES string of the molecule is Fc1ccc(-c2cncc(CNC[C@@H]3COc4ccccc4O3)c2)cc1. The topological polar surface area (TPSA) is 43.4 Å². The maximum absolute atomic E-state index is 13.1. The first-order valence-corrected chi connectivity index (χ1v) is 8.57. The smallest absolute Gasteiger partial charge is 0.161 e. The Balaban J connectivity index is 1.34. The van der Waals surface area contributed by atoms with Gasteiger partial charge >= 0.3 is 0 Å². The summed E-state index contributed by atoms with van der Waals surface area (Å²) in [5, 5.41) is 3.39. The minimum atomic E-state index is -0.240. The number of aromatic nitrogens is 1. The molecule has 0 amide bonds. The van der Waals surface area contributed by atoms with E-state index < -0.39 is 0 Å². The van der Waals surface area contributed by atoms with E-state index in [1.165, 1.54) is 12.1 Å².